The van der Waals surface area contributed by atoms with E-state index in [4.69, 9.17) is 0 Å². The van der Waals surface area contributed by atoms with Crippen LogP contribution in [0.5, 0.6) is 0 Å². The van der Waals surface area contributed by atoms with Gasteiger partial charge in [-0.1, -0.05) is 49.3 Å². The molecule has 0 N–H and O–H groups in total. The first kappa shape index (κ1) is 12.5. The maximum Gasteiger partial charge on any atom is -0.0161 e. The van der Waals surface area contributed by atoms with E-state index in [0.717, 1.165) is 11.8 Å². The van der Waals surface area contributed by atoms with Crippen molar-refractivity contribution in [2.75, 3.05) is 0 Å². The Hall–Kier alpha value is -2.08. The van der Waals surface area contributed by atoms with E-state index in [1.165, 1.54) is 57.7 Å². The minimum Gasteiger partial charge on any atom is -0.0729 e. The summed E-state index contributed by atoms with van der Waals surface area (Å²) in [6.45, 7) is 0. The molecule has 2 aliphatic rings. The van der Waals surface area contributed by atoms with Crippen molar-refractivity contribution in [3.63, 3.8) is 0 Å². The molecule has 108 valence electrons. The molecule has 0 heterocycles. The second kappa shape index (κ2) is 4.71. The lowest BCUT2D eigenvalue weighted by Gasteiger charge is -2.29. The second-order valence-corrected chi connectivity index (χ2v) is 6.97. The lowest BCUT2D eigenvalue weighted by atomic mass is 9.76. The quantitative estimate of drug-likeness (QED) is 0.538. The van der Waals surface area contributed by atoms with Crippen LogP contribution in [0.3, 0.4) is 0 Å². The van der Waals surface area contributed by atoms with Gasteiger partial charge < -0.3 is 0 Å². The Morgan fingerprint density at radius 3 is 1.59 bits per heavy atom. The van der Waals surface area contributed by atoms with Gasteiger partial charge in [0.15, 0.2) is 0 Å². The fourth-order valence-corrected chi connectivity index (χ4v) is 4.38. The molecule has 0 spiro atoms. The lowest BCUT2D eigenvalue weighted by molar-refractivity contribution is 0.366. The van der Waals surface area contributed by atoms with Gasteiger partial charge >= 0.3 is 0 Å². The number of benzene rings is 3. The van der Waals surface area contributed by atoms with Crippen LogP contribution in [0.2, 0.25) is 0 Å². The predicted octanol–water partition coefficient (Wildman–Crippen LogP) is 4.37. The van der Waals surface area contributed by atoms with E-state index in [2.05, 4.69) is 60.7 Å². The van der Waals surface area contributed by atoms with E-state index in [0.29, 0.717) is 0 Å². The summed E-state index contributed by atoms with van der Waals surface area (Å²) in [4.78, 5) is 0. The molecule has 0 heteroatoms. The van der Waals surface area contributed by atoms with E-state index >= 15 is 0 Å². The highest BCUT2D eigenvalue weighted by molar-refractivity contribution is 5.98. The van der Waals surface area contributed by atoms with Crippen LogP contribution < -0.4 is 10.4 Å². The van der Waals surface area contributed by atoms with Crippen LogP contribution in [-0.2, 0) is 0 Å². The zero-order valence-corrected chi connectivity index (χ0v) is 12.8. The van der Waals surface area contributed by atoms with Crippen LogP contribution in [0.15, 0.2) is 48.5 Å². The van der Waals surface area contributed by atoms with Crippen molar-refractivity contribution in [1.29, 1.82) is 0 Å². The normalized spacial score (nSPS) is 23.5. The standard InChI is InChI=1S/C22H20/c1-2-6-16-10-20-14-22-12-18-8-4-3-7-17(18)11-21(22)13-19(20)9-15(16)5-1/h1-2,5-6,9-14,17-18H,3-4,7-8H2. The summed E-state index contributed by atoms with van der Waals surface area (Å²) in [6.07, 6.45) is 10.6. The Morgan fingerprint density at radius 2 is 1.09 bits per heavy atom. The molecule has 3 aromatic carbocycles. The maximum absolute atomic E-state index is 2.55. The highest BCUT2D eigenvalue weighted by atomic mass is 14.3. The van der Waals surface area contributed by atoms with Gasteiger partial charge in [0.05, 0.1) is 0 Å². The second-order valence-electron chi connectivity index (χ2n) is 6.97. The van der Waals surface area contributed by atoms with Crippen molar-refractivity contribution in [2.24, 2.45) is 11.8 Å². The molecule has 3 aromatic rings. The molecule has 0 bridgehead atoms. The molecule has 0 saturated heterocycles. The topological polar surface area (TPSA) is 0 Å². The van der Waals surface area contributed by atoms with Crippen LogP contribution >= 0.6 is 0 Å². The molecule has 2 atom stereocenters. The number of rotatable bonds is 0. The molecule has 2 unspecified atom stereocenters. The third kappa shape index (κ3) is 1.90. The van der Waals surface area contributed by atoms with E-state index in [9.17, 15) is 0 Å². The minimum atomic E-state index is 0.777. The van der Waals surface area contributed by atoms with Crippen molar-refractivity contribution in [2.45, 2.75) is 25.7 Å². The number of hydrogen-bond acceptors (Lipinski definition) is 0. The van der Waals surface area contributed by atoms with Crippen molar-refractivity contribution in [1.82, 2.24) is 0 Å². The summed E-state index contributed by atoms with van der Waals surface area (Å²) in [7, 11) is 0. The summed E-state index contributed by atoms with van der Waals surface area (Å²) >= 11 is 0. The molecule has 1 saturated carbocycles. The zero-order valence-electron chi connectivity index (χ0n) is 12.8. The van der Waals surface area contributed by atoms with Gasteiger partial charge in [-0.05, 0) is 80.9 Å². The van der Waals surface area contributed by atoms with E-state index < -0.39 is 0 Å². The first-order valence-corrected chi connectivity index (χ1v) is 8.53. The van der Waals surface area contributed by atoms with Gasteiger partial charge in [0.2, 0.25) is 0 Å². The Kier molecular flexibility index (Phi) is 2.67. The first-order valence-electron chi connectivity index (χ1n) is 8.53. The van der Waals surface area contributed by atoms with Gasteiger partial charge in [-0.25, -0.2) is 0 Å². The van der Waals surface area contributed by atoms with Crippen LogP contribution in [-0.4, -0.2) is 0 Å². The Labute approximate surface area is 130 Å². The van der Waals surface area contributed by atoms with E-state index in [1.807, 2.05) is 0 Å². The van der Waals surface area contributed by atoms with Gasteiger partial charge in [-0.2, -0.15) is 0 Å². The van der Waals surface area contributed by atoms with Crippen LogP contribution in [0, 0.1) is 11.8 Å². The summed E-state index contributed by atoms with van der Waals surface area (Å²) < 4.78 is 0. The average molecular weight is 284 g/mol. The number of hydrogen-bond donors (Lipinski definition) is 0. The van der Waals surface area contributed by atoms with Crippen molar-refractivity contribution in [3.05, 3.63) is 59.0 Å². The summed E-state index contributed by atoms with van der Waals surface area (Å²) in [5, 5.41) is 8.32. The van der Waals surface area contributed by atoms with Crippen LogP contribution in [0.25, 0.3) is 33.7 Å². The van der Waals surface area contributed by atoms with Crippen LogP contribution in [0.4, 0.5) is 0 Å². The predicted molar refractivity (Wildman–Crippen MR) is 95.1 cm³/mol. The SMILES string of the molecule is C1=c2cc3cc4ccccc4cc3cc2=CC2CCCCC12. The van der Waals surface area contributed by atoms with Gasteiger partial charge in [-0.3, -0.25) is 0 Å². The van der Waals surface area contributed by atoms with E-state index in [1.54, 1.807) is 0 Å². The fourth-order valence-electron chi connectivity index (χ4n) is 4.38. The van der Waals surface area contributed by atoms with Crippen molar-refractivity contribution in [3.8, 4) is 0 Å². The maximum atomic E-state index is 2.55. The minimum absolute atomic E-state index is 0.777. The highest BCUT2D eigenvalue weighted by Crippen LogP contribution is 2.33. The summed E-state index contributed by atoms with van der Waals surface area (Å²) in [5.41, 5.74) is 0. The van der Waals surface area contributed by atoms with Crippen molar-refractivity contribution >= 4 is 33.7 Å². The largest absolute Gasteiger partial charge is 0.0729 e. The molecule has 22 heavy (non-hydrogen) atoms. The molecule has 0 radical (unpaired) electrons. The summed E-state index contributed by atoms with van der Waals surface area (Å²) in [5.74, 6) is 1.55. The number of fused-ring (bicyclic) bond motifs is 4. The van der Waals surface area contributed by atoms with Gasteiger partial charge in [0.1, 0.15) is 0 Å². The molecule has 1 fully saturated rings. The van der Waals surface area contributed by atoms with Gasteiger partial charge in [-0.15, -0.1) is 0 Å². The molecule has 2 aliphatic carbocycles. The Morgan fingerprint density at radius 1 is 0.591 bits per heavy atom. The van der Waals surface area contributed by atoms with Gasteiger partial charge in [0.25, 0.3) is 0 Å². The Balaban J connectivity index is 1.81. The van der Waals surface area contributed by atoms with Crippen molar-refractivity contribution < 1.29 is 0 Å². The molecule has 0 amide bonds. The van der Waals surface area contributed by atoms with Crippen LogP contribution in [0.1, 0.15) is 25.7 Å². The molecule has 0 nitrogen and oxygen atoms in total. The smallest absolute Gasteiger partial charge is 0.0161 e. The molecular weight excluding hydrogens is 264 g/mol. The fraction of sp³-hybridized carbons (Fsp3) is 0.273. The van der Waals surface area contributed by atoms with Gasteiger partial charge in [0, 0.05) is 0 Å². The molecule has 0 aliphatic heterocycles. The molecule has 0 aromatic heterocycles. The third-order valence-corrected chi connectivity index (χ3v) is 5.57. The average Bonchev–Trinajstić information content (AvgIpc) is 2.56. The monoisotopic (exact) mass is 284 g/mol. The summed E-state index contributed by atoms with van der Waals surface area (Å²) in [6, 6.07) is 18.1. The van der Waals surface area contributed by atoms with E-state index in [-0.39, 0.29) is 0 Å². The first-order chi connectivity index (χ1) is 10.9. The highest BCUT2D eigenvalue weighted by Gasteiger charge is 2.23. The third-order valence-electron chi connectivity index (χ3n) is 5.57. The molecule has 5 rings (SSSR count). The lowest BCUT2D eigenvalue weighted by Crippen LogP contribution is -2.34. The molecular formula is C22H20. The Bertz CT molecular complexity index is 912. The zero-order chi connectivity index (χ0) is 14.5.